The number of carbonyl (C=O) groups is 1. The molecule has 0 aliphatic rings. The van der Waals surface area contributed by atoms with Gasteiger partial charge in [0.05, 0.1) is 6.54 Å². The molecule has 2 aromatic rings. The van der Waals surface area contributed by atoms with Crippen molar-refractivity contribution in [2.45, 2.75) is 13.8 Å². The third-order valence-corrected chi connectivity index (χ3v) is 2.93. The van der Waals surface area contributed by atoms with Crippen LogP contribution >= 0.6 is 0 Å². The molecule has 0 saturated heterocycles. The third-order valence-electron chi connectivity index (χ3n) is 2.93. The van der Waals surface area contributed by atoms with Crippen LogP contribution in [0.4, 0.5) is 15.8 Å². The number of nitrogens with one attached hydrogen (secondary N) is 2. The zero-order valence-corrected chi connectivity index (χ0v) is 11.5. The molecule has 0 aliphatic carbocycles. The van der Waals surface area contributed by atoms with Crippen LogP contribution in [0.2, 0.25) is 0 Å². The maximum Gasteiger partial charge on any atom is 0.243 e. The van der Waals surface area contributed by atoms with Gasteiger partial charge >= 0.3 is 0 Å². The highest BCUT2D eigenvalue weighted by atomic mass is 19.1. The van der Waals surface area contributed by atoms with E-state index in [9.17, 15) is 9.18 Å². The Balaban J connectivity index is 1.92. The van der Waals surface area contributed by atoms with Gasteiger partial charge in [0.25, 0.3) is 0 Å². The summed E-state index contributed by atoms with van der Waals surface area (Å²) in [6, 6.07) is 11.8. The lowest BCUT2D eigenvalue weighted by molar-refractivity contribution is -0.114. The van der Waals surface area contributed by atoms with Crippen LogP contribution in [-0.2, 0) is 4.79 Å². The Morgan fingerprint density at radius 3 is 2.65 bits per heavy atom. The first-order valence-corrected chi connectivity index (χ1v) is 6.41. The van der Waals surface area contributed by atoms with Gasteiger partial charge in [0.1, 0.15) is 5.82 Å². The molecule has 20 heavy (non-hydrogen) atoms. The number of aryl methyl sites for hydroxylation is 2. The molecule has 0 atom stereocenters. The van der Waals surface area contributed by atoms with Gasteiger partial charge in [-0.05, 0) is 43.7 Å². The fourth-order valence-electron chi connectivity index (χ4n) is 1.96. The Morgan fingerprint density at radius 2 is 1.95 bits per heavy atom. The molecule has 0 aromatic heterocycles. The van der Waals surface area contributed by atoms with Crippen LogP contribution < -0.4 is 10.6 Å². The molecule has 0 radical (unpaired) electrons. The molecular weight excluding hydrogens is 255 g/mol. The predicted molar refractivity (Wildman–Crippen MR) is 79.4 cm³/mol. The Morgan fingerprint density at radius 1 is 1.15 bits per heavy atom. The molecule has 1 amide bonds. The number of halogens is 1. The highest BCUT2D eigenvalue weighted by Crippen LogP contribution is 2.15. The molecular formula is C16H17FN2O. The molecule has 0 fully saturated rings. The normalized spacial score (nSPS) is 10.2. The van der Waals surface area contributed by atoms with Crippen LogP contribution in [-0.4, -0.2) is 12.5 Å². The zero-order chi connectivity index (χ0) is 14.5. The minimum absolute atomic E-state index is 0.139. The second-order valence-electron chi connectivity index (χ2n) is 4.73. The van der Waals surface area contributed by atoms with E-state index in [0.717, 1.165) is 11.3 Å². The fraction of sp³-hybridized carbons (Fsp3) is 0.188. The highest BCUT2D eigenvalue weighted by molar-refractivity contribution is 5.93. The number of benzene rings is 2. The fourth-order valence-corrected chi connectivity index (χ4v) is 1.96. The maximum atomic E-state index is 13.0. The molecule has 0 aliphatic heterocycles. The van der Waals surface area contributed by atoms with Crippen molar-refractivity contribution in [3.8, 4) is 0 Å². The van der Waals surface area contributed by atoms with Gasteiger partial charge in [-0.25, -0.2) is 4.39 Å². The minimum Gasteiger partial charge on any atom is -0.376 e. The Labute approximate surface area is 117 Å². The summed E-state index contributed by atoms with van der Waals surface area (Å²) >= 11 is 0. The quantitative estimate of drug-likeness (QED) is 0.894. The highest BCUT2D eigenvalue weighted by Gasteiger charge is 2.04. The summed E-state index contributed by atoms with van der Waals surface area (Å²) in [7, 11) is 0. The van der Waals surface area contributed by atoms with Gasteiger partial charge in [-0.3, -0.25) is 4.79 Å². The van der Waals surface area contributed by atoms with E-state index in [0.29, 0.717) is 5.69 Å². The van der Waals surface area contributed by atoms with Crippen LogP contribution in [0.1, 0.15) is 11.1 Å². The largest absolute Gasteiger partial charge is 0.376 e. The molecule has 3 nitrogen and oxygen atoms in total. The monoisotopic (exact) mass is 272 g/mol. The molecule has 104 valence electrons. The lowest BCUT2D eigenvalue weighted by Crippen LogP contribution is -2.22. The van der Waals surface area contributed by atoms with Crippen LogP contribution in [0.15, 0.2) is 42.5 Å². The number of hydrogen-bond acceptors (Lipinski definition) is 2. The van der Waals surface area contributed by atoms with Crippen LogP contribution in [0.5, 0.6) is 0 Å². The number of rotatable bonds is 4. The molecule has 0 saturated carbocycles. The topological polar surface area (TPSA) is 41.1 Å². The SMILES string of the molecule is Cc1ccc(NCC(=O)Nc2cccc(F)c2)c(C)c1. The van der Waals surface area contributed by atoms with Crippen LogP contribution in [0.25, 0.3) is 0 Å². The summed E-state index contributed by atoms with van der Waals surface area (Å²) in [6.45, 7) is 4.15. The minimum atomic E-state index is -0.370. The van der Waals surface area contributed by atoms with E-state index in [2.05, 4.69) is 10.6 Å². The van der Waals surface area contributed by atoms with E-state index >= 15 is 0 Å². The average molecular weight is 272 g/mol. The summed E-state index contributed by atoms with van der Waals surface area (Å²) in [5.41, 5.74) is 3.64. The van der Waals surface area contributed by atoms with E-state index in [1.165, 1.54) is 17.7 Å². The molecule has 2 aromatic carbocycles. The van der Waals surface area contributed by atoms with Crippen molar-refractivity contribution in [3.63, 3.8) is 0 Å². The molecule has 2 rings (SSSR count). The first kappa shape index (κ1) is 14.1. The molecule has 0 heterocycles. The van der Waals surface area contributed by atoms with Crippen LogP contribution in [0.3, 0.4) is 0 Å². The second-order valence-corrected chi connectivity index (χ2v) is 4.73. The van der Waals surface area contributed by atoms with E-state index in [1.807, 2.05) is 32.0 Å². The van der Waals surface area contributed by atoms with Gasteiger partial charge < -0.3 is 10.6 Å². The Kier molecular flexibility index (Phi) is 4.35. The van der Waals surface area contributed by atoms with Crippen molar-refractivity contribution < 1.29 is 9.18 Å². The number of amides is 1. The molecule has 4 heteroatoms. The second kappa shape index (κ2) is 6.19. The van der Waals surface area contributed by atoms with Gasteiger partial charge in [-0.2, -0.15) is 0 Å². The van der Waals surface area contributed by atoms with Gasteiger partial charge in [0, 0.05) is 11.4 Å². The number of anilines is 2. The smallest absolute Gasteiger partial charge is 0.243 e. The van der Waals surface area contributed by atoms with Gasteiger partial charge in [0.2, 0.25) is 5.91 Å². The zero-order valence-electron chi connectivity index (χ0n) is 11.5. The Hall–Kier alpha value is -2.36. The third kappa shape index (κ3) is 3.82. The van der Waals surface area contributed by atoms with Crippen LogP contribution in [0, 0.1) is 19.7 Å². The predicted octanol–water partition coefficient (Wildman–Crippen LogP) is 3.49. The molecule has 0 unspecified atom stereocenters. The maximum absolute atomic E-state index is 13.0. The van der Waals surface area contributed by atoms with Crippen molar-refractivity contribution >= 4 is 17.3 Å². The van der Waals surface area contributed by atoms with Gasteiger partial charge in [-0.1, -0.05) is 23.8 Å². The first-order valence-electron chi connectivity index (χ1n) is 6.41. The molecule has 0 spiro atoms. The average Bonchev–Trinajstić information content (AvgIpc) is 2.37. The van der Waals surface area contributed by atoms with E-state index in [1.54, 1.807) is 12.1 Å². The van der Waals surface area contributed by atoms with Crippen molar-refractivity contribution in [1.29, 1.82) is 0 Å². The van der Waals surface area contributed by atoms with E-state index in [-0.39, 0.29) is 18.3 Å². The lowest BCUT2D eigenvalue weighted by Gasteiger charge is -2.10. The van der Waals surface area contributed by atoms with Gasteiger partial charge in [-0.15, -0.1) is 0 Å². The Bertz CT molecular complexity index is 626. The van der Waals surface area contributed by atoms with Gasteiger partial charge in [0.15, 0.2) is 0 Å². The van der Waals surface area contributed by atoms with Crippen molar-refractivity contribution in [1.82, 2.24) is 0 Å². The first-order chi connectivity index (χ1) is 9.54. The summed E-state index contributed by atoms with van der Waals surface area (Å²) < 4.78 is 13.0. The van der Waals surface area contributed by atoms with Crippen molar-refractivity contribution in [2.24, 2.45) is 0 Å². The number of carbonyl (C=O) groups excluding carboxylic acids is 1. The summed E-state index contributed by atoms with van der Waals surface area (Å²) in [6.07, 6.45) is 0. The summed E-state index contributed by atoms with van der Waals surface area (Å²) in [5.74, 6) is -0.583. The van der Waals surface area contributed by atoms with Crippen molar-refractivity contribution in [3.05, 3.63) is 59.4 Å². The molecule has 2 N–H and O–H groups in total. The van der Waals surface area contributed by atoms with E-state index < -0.39 is 0 Å². The number of hydrogen-bond donors (Lipinski definition) is 2. The standard InChI is InChI=1S/C16H17FN2O/c1-11-6-7-15(12(2)8-11)18-10-16(20)19-14-5-3-4-13(17)9-14/h3-9,18H,10H2,1-2H3,(H,19,20). The summed E-state index contributed by atoms with van der Waals surface area (Å²) in [5, 5.41) is 5.71. The van der Waals surface area contributed by atoms with E-state index in [4.69, 9.17) is 0 Å². The molecule has 0 bridgehead atoms. The lowest BCUT2D eigenvalue weighted by atomic mass is 10.1. The van der Waals surface area contributed by atoms with Crippen molar-refractivity contribution in [2.75, 3.05) is 17.2 Å². The summed E-state index contributed by atoms with van der Waals surface area (Å²) in [4.78, 5) is 11.8.